The largest absolute Gasteiger partial charge is 0.505 e. The Kier molecular flexibility index (Phi) is 3.14. The minimum absolute atomic E-state index is 0.0308. The number of phenolic OH excluding ortho intramolecular Hbond substituents is 1. The minimum atomic E-state index is -0.188. The van der Waals surface area contributed by atoms with Crippen LogP contribution in [0.2, 0.25) is 0 Å². The van der Waals surface area contributed by atoms with E-state index in [1.165, 1.54) is 55.4 Å². The first kappa shape index (κ1) is 17.5. The fraction of sp³-hybridized carbons (Fsp3) is 0.739. The highest BCUT2D eigenvalue weighted by atomic mass is 16.6. The van der Waals surface area contributed by atoms with Gasteiger partial charge in [-0.05, 0) is 74.8 Å². The molecule has 2 spiro atoms. The summed E-state index contributed by atoms with van der Waals surface area (Å²) in [6.07, 6.45) is 9.91. The first-order valence-electron chi connectivity index (χ1n) is 11.8. The van der Waals surface area contributed by atoms with E-state index in [1.54, 1.807) is 0 Å². The van der Waals surface area contributed by atoms with E-state index in [4.69, 9.17) is 9.47 Å². The predicted octanol–water partition coefficient (Wildman–Crippen LogP) is -0.0926. The normalized spacial score (nSPS) is 43.9. The van der Waals surface area contributed by atoms with Crippen molar-refractivity contribution in [2.75, 3.05) is 20.2 Å². The lowest BCUT2D eigenvalue weighted by Crippen LogP contribution is -2.79. The highest BCUT2D eigenvalue weighted by Crippen LogP contribution is 2.75. The van der Waals surface area contributed by atoms with Crippen molar-refractivity contribution in [2.45, 2.75) is 74.5 Å². The topological polar surface area (TPSA) is 41.9 Å². The molecule has 2 heterocycles. The van der Waals surface area contributed by atoms with Gasteiger partial charge in [0.05, 0.1) is 0 Å². The molecule has 0 amide bonds. The van der Waals surface area contributed by atoms with E-state index in [0.29, 0.717) is 11.8 Å². The van der Waals surface area contributed by atoms with Gasteiger partial charge in [-0.1, -0.05) is 10.9 Å². The lowest BCUT2D eigenvalue weighted by molar-refractivity contribution is -0.251. The summed E-state index contributed by atoms with van der Waals surface area (Å²) in [5.41, 5.74) is 5.33. The van der Waals surface area contributed by atoms with Crippen LogP contribution in [0.4, 0.5) is 0 Å². The molecule has 7 aliphatic rings. The Labute approximate surface area is 175 Å². The summed E-state index contributed by atoms with van der Waals surface area (Å²) in [7, 11) is 6.18. The van der Waals surface area contributed by atoms with E-state index in [1.807, 2.05) is 7.11 Å². The van der Waals surface area contributed by atoms with Crippen LogP contribution in [0.15, 0.2) is 0 Å². The van der Waals surface area contributed by atoms with Gasteiger partial charge in [-0.3, -0.25) is 4.90 Å². The summed E-state index contributed by atoms with van der Waals surface area (Å²) in [5, 5.41) is 11.1. The number of nitrogens with zero attached hydrogens (tertiary/aromatic N) is 1. The lowest BCUT2D eigenvalue weighted by atomic mass is 9.36. The number of ether oxygens (including phenoxy) is 2. The van der Waals surface area contributed by atoms with Crippen LogP contribution in [0.25, 0.3) is 0 Å². The number of methoxy groups -OCH3 is 1. The summed E-state index contributed by atoms with van der Waals surface area (Å²) in [5.74, 6) is 2.14. The molecule has 4 saturated carbocycles. The third-order valence-corrected chi connectivity index (χ3v) is 10.5. The number of hydrogen-bond donors (Lipinski definition) is 1. The molecule has 6 heteroatoms. The molecule has 5 fully saturated rings. The molecule has 1 saturated heterocycles. The van der Waals surface area contributed by atoms with E-state index < -0.39 is 0 Å². The second-order valence-electron chi connectivity index (χ2n) is 11.1. The van der Waals surface area contributed by atoms with E-state index in [0.717, 1.165) is 42.8 Å². The highest BCUT2D eigenvalue weighted by Gasteiger charge is 2.78. The van der Waals surface area contributed by atoms with Crippen LogP contribution in [0, 0.1) is 11.3 Å². The molecular weight excluding hydrogens is 360 g/mol. The summed E-state index contributed by atoms with van der Waals surface area (Å²) >= 11 is 0. The Balaban J connectivity index is 1.51. The van der Waals surface area contributed by atoms with Crippen molar-refractivity contribution in [1.29, 1.82) is 0 Å². The van der Waals surface area contributed by atoms with Gasteiger partial charge in [-0.15, -0.1) is 0 Å². The van der Waals surface area contributed by atoms with Gasteiger partial charge in [0, 0.05) is 30.7 Å². The fourth-order valence-electron chi connectivity index (χ4n) is 8.74. The first-order chi connectivity index (χ1) is 14.0. The molecule has 152 valence electrons. The Bertz CT molecular complexity index is 937. The Morgan fingerprint density at radius 1 is 1.14 bits per heavy atom. The minimum Gasteiger partial charge on any atom is -0.505 e. The molecule has 1 aromatic rings. The van der Waals surface area contributed by atoms with Crippen molar-refractivity contribution in [3.63, 3.8) is 0 Å². The van der Waals surface area contributed by atoms with Gasteiger partial charge in [0.2, 0.25) is 0 Å². The third-order valence-electron chi connectivity index (χ3n) is 10.5. The van der Waals surface area contributed by atoms with Crippen molar-refractivity contribution in [3.8, 4) is 11.5 Å². The zero-order chi connectivity index (χ0) is 19.8. The first-order valence-corrected chi connectivity index (χ1v) is 11.8. The number of phenols is 1. The predicted molar refractivity (Wildman–Crippen MR) is 118 cm³/mol. The van der Waals surface area contributed by atoms with Crippen LogP contribution >= 0.6 is 0 Å². The number of piperidine rings is 1. The molecule has 1 aromatic carbocycles. The van der Waals surface area contributed by atoms with Crippen LogP contribution in [-0.2, 0) is 16.6 Å². The van der Waals surface area contributed by atoms with Crippen LogP contribution < -0.4 is 15.7 Å². The number of likely N-dealkylation sites (tertiary alicyclic amines) is 1. The number of rotatable bonds is 3. The van der Waals surface area contributed by atoms with Crippen molar-refractivity contribution >= 4 is 26.6 Å². The van der Waals surface area contributed by atoms with Gasteiger partial charge in [-0.25, -0.2) is 0 Å². The van der Waals surface area contributed by atoms with Gasteiger partial charge in [-0.2, -0.15) is 0 Å². The molecular formula is C23H31B2NO3. The van der Waals surface area contributed by atoms with E-state index in [2.05, 4.69) is 20.6 Å². The average molecular weight is 391 g/mol. The highest BCUT2D eigenvalue weighted by molar-refractivity contribution is 6.50. The van der Waals surface area contributed by atoms with E-state index >= 15 is 0 Å². The number of benzene rings is 1. The molecule has 2 aliphatic heterocycles. The van der Waals surface area contributed by atoms with Gasteiger partial charge in [0.25, 0.3) is 0 Å². The molecule has 0 unspecified atom stereocenters. The summed E-state index contributed by atoms with van der Waals surface area (Å²) in [6.45, 7) is 2.47. The second kappa shape index (κ2) is 5.19. The molecule has 1 N–H and O–H groups in total. The zero-order valence-electron chi connectivity index (χ0n) is 18.0. The zero-order valence-corrected chi connectivity index (χ0v) is 18.0. The standard InChI is InChI=1S/C23H31B2NO3/c1-28-22-6-4-21(5-7-22)14-10-13-15-19(18(27)17(25)16(13)24)29-20(22)23(15,21)8-9-26(14)11-12-2-3-12/h12,14,20,27H,2-11,24-25H2,1H3/t14-,20+,21-,22-,23+/m1/s1. The van der Waals surface area contributed by atoms with Crippen molar-refractivity contribution < 1.29 is 14.6 Å². The van der Waals surface area contributed by atoms with Crippen molar-refractivity contribution in [3.05, 3.63) is 11.1 Å². The SMILES string of the molecule is Bc1c(B)c2c3c(c1O)O[C@H]1[C@]4(OC)CC[C@]5(CC4)[C@@H](C2)N(CC2CC2)CC[C@]315. The quantitative estimate of drug-likeness (QED) is 0.732. The second-order valence-corrected chi connectivity index (χ2v) is 11.1. The maximum atomic E-state index is 11.1. The summed E-state index contributed by atoms with van der Waals surface area (Å²) < 4.78 is 13.1. The summed E-state index contributed by atoms with van der Waals surface area (Å²) in [4.78, 5) is 2.88. The van der Waals surface area contributed by atoms with Gasteiger partial charge < -0.3 is 14.6 Å². The average Bonchev–Trinajstić information content (AvgIpc) is 3.48. The smallest absolute Gasteiger partial charge is 0.165 e. The molecule has 4 nitrogen and oxygen atoms in total. The van der Waals surface area contributed by atoms with Gasteiger partial charge in [0.1, 0.15) is 27.4 Å². The Morgan fingerprint density at radius 2 is 1.90 bits per heavy atom. The van der Waals surface area contributed by atoms with E-state index in [-0.39, 0.29) is 22.5 Å². The van der Waals surface area contributed by atoms with Gasteiger partial charge >= 0.3 is 0 Å². The molecule has 5 aliphatic carbocycles. The van der Waals surface area contributed by atoms with Crippen LogP contribution in [0.1, 0.15) is 56.1 Å². The Hall–Kier alpha value is -1.13. The number of fused-ring (bicyclic) bond motifs is 2. The Morgan fingerprint density at radius 3 is 2.59 bits per heavy atom. The molecule has 0 radical (unpaired) electrons. The van der Waals surface area contributed by atoms with Crippen molar-refractivity contribution in [1.82, 2.24) is 4.90 Å². The van der Waals surface area contributed by atoms with Crippen molar-refractivity contribution in [2.24, 2.45) is 11.3 Å². The van der Waals surface area contributed by atoms with Crippen LogP contribution in [0.5, 0.6) is 11.5 Å². The lowest BCUT2D eigenvalue weighted by Gasteiger charge is -2.72. The molecule has 3 atom stereocenters. The third kappa shape index (κ3) is 1.74. The van der Waals surface area contributed by atoms with Crippen LogP contribution in [0.3, 0.4) is 0 Å². The summed E-state index contributed by atoms with van der Waals surface area (Å²) in [6, 6.07) is 0.624. The fourth-order valence-corrected chi connectivity index (χ4v) is 8.74. The maximum Gasteiger partial charge on any atom is 0.165 e. The molecule has 8 rings (SSSR count). The molecule has 4 bridgehead atoms. The number of aromatic hydroxyl groups is 1. The number of hydrogen-bond acceptors (Lipinski definition) is 4. The van der Waals surface area contributed by atoms with E-state index in [9.17, 15) is 5.11 Å². The van der Waals surface area contributed by atoms with Crippen LogP contribution in [-0.4, -0.2) is 63.6 Å². The maximum absolute atomic E-state index is 11.1. The monoisotopic (exact) mass is 391 g/mol. The molecule has 29 heavy (non-hydrogen) atoms. The molecule has 0 aromatic heterocycles. The van der Waals surface area contributed by atoms with Gasteiger partial charge in [0.15, 0.2) is 11.5 Å².